The number of H-pyrrole nitrogens is 1. The van der Waals surface area contributed by atoms with Gasteiger partial charge in [-0.15, -0.1) is 0 Å². The number of aliphatic carboxylic acids is 1. The SMILES string of the molecule is O=C(O)CCCc1ccc(/C(=C2\C=CC(Oc3ccccc3)=N2)c2ccc(Oc3ccccc3)[nH]2)cc1. The van der Waals surface area contributed by atoms with Crippen molar-refractivity contribution in [3.05, 3.63) is 132 Å². The number of aryl methyl sites for hydroxylation is 1. The highest BCUT2D eigenvalue weighted by Gasteiger charge is 2.17. The summed E-state index contributed by atoms with van der Waals surface area (Å²) in [7, 11) is 0. The van der Waals surface area contributed by atoms with Crippen molar-refractivity contribution in [2.45, 2.75) is 19.3 Å². The summed E-state index contributed by atoms with van der Waals surface area (Å²) >= 11 is 0. The van der Waals surface area contributed by atoms with Crippen molar-refractivity contribution in [3.63, 3.8) is 0 Å². The van der Waals surface area contributed by atoms with E-state index in [0.717, 1.165) is 39.6 Å². The zero-order valence-corrected chi connectivity index (χ0v) is 20.1. The van der Waals surface area contributed by atoms with Crippen LogP contribution in [-0.4, -0.2) is 22.0 Å². The molecule has 6 nitrogen and oxygen atoms in total. The molecular formula is C31H26N2O4. The molecule has 1 aromatic heterocycles. The van der Waals surface area contributed by atoms with E-state index in [-0.39, 0.29) is 6.42 Å². The molecule has 2 N–H and O–H groups in total. The standard InChI is InChI=1S/C31H26N2O4/c34-30(35)13-7-8-22-14-16-23(17-15-22)31(26-18-20-28(32-26)36-24-9-3-1-4-10-24)27-19-21-29(33-27)37-25-11-5-2-6-12-25/h1-6,9-12,14-21,32H,7-8,13H2,(H,34,35)/b31-27-. The molecule has 3 aromatic carbocycles. The van der Waals surface area contributed by atoms with Crippen LogP contribution >= 0.6 is 0 Å². The van der Waals surface area contributed by atoms with E-state index in [1.165, 1.54) is 0 Å². The fourth-order valence-corrected chi connectivity index (χ4v) is 4.07. The highest BCUT2D eigenvalue weighted by atomic mass is 16.5. The number of aromatic amines is 1. The van der Waals surface area contributed by atoms with E-state index in [1.54, 1.807) is 0 Å². The van der Waals surface area contributed by atoms with Crippen molar-refractivity contribution in [1.29, 1.82) is 0 Å². The summed E-state index contributed by atoms with van der Waals surface area (Å²) < 4.78 is 11.9. The predicted molar refractivity (Wildman–Crippen MR) is 144 cm³/mol. The average molecular weight is 491 g/mol. The van der Waals surface area contributed by atoms with E-state index < -0.39 is 5.97 Å². The minimum atomic E-state index is -0.775. The molecule has 0 saturated heterocycles. The number of aromatic nitrogens is 1. The quantitative estimate of drug-likeness (QED) is 0.264. The topological polar surface area (TPSA) is 83.9 Å². The van der Waals surface area contributed by atoms with Crippen LogP contribution < -0.4 is 9.47 Å². The van der Waals surface area contributed by atoms with Gasteiger partial charge in [0, 0.05) is 24.1 Å². The van der Waals surface area contributed by atoms with Gasteiger partial charge in [0.15, 0.2) is 5.88 Å². The summed E-state index contributed by atoms with van der Waals surface area (Å²) in [4.78, 5) is 19.0. The number of para-hydroxylation sites is 2. The van der Waals surface area contributed by atoms with Crippen LogP contribution in [0, 0.1) is 0 Å². The number of allylic oxidation sites excluding steroid dienone is 1. The van der Waals surface area contributed by atoms with Crippen LogP contribution in [0.4, 0.5) is 0 Å². The number of nitrogens with zero attached hydrogens (tertiary/aromatic N) is 1. The molecule has 2 heterocycles. The number of rotatable bonds is 9. The molecular weight excluding hydrogens is 464 g/mol. The number of aliphatic imine (C=N–C) groups is 1. The third-order valence-corrected chi connectivity index (χ3v) is 5.83. The second-order valence-corrected chi connectivity index (χ2v) is 8.55. The number of benzene rings is 3. The maximum atomic E-state index is 10.8. The largest absolute Gasteiger partial charge is 0.481 e. The first-order valence-electron chi connectivity index (χ1n) is 12.1. The second kappa shape index (κ2) is 11.3. The molecule has 184 valence electrons. The van der Waals surface area contributed by atoms with E-state index in [1.807, 2.05) is 109 Å². The zero-order chi connectivity index (χ0) is 25.5. The highest BCUT2D eigenvalue weighted by Crippen LogP contribution is 2.32. The fraction of sp³-hybridized carbons (Fsp3) is 0.0968. The molecule has 0 aliphatic carbocycles. The summed E-state index contributed by atoms with van der Waals surface area (Å²) in [6, 6.07) is 31.2. The Labute approximate surface area is 215 Å². The van der Waals surface area contributed by atoms with E-state index >= 15 is 0 Å². The highest BCUT2D eigenvalue weighted by molar-refractivity contribution is 5.97. The lowest BCUT2D eigenvalue weighted by Crippen LogP contribution is -2.02. The van der Waals surface area contributed by atoms with Crippen molar-refractivity contribution >= 4 is 17.4 Å². The van der Waals surface area contributed by atoms with Gasteiger partial charge in [-0.3, -0.25) is 4.79 Å². The molecule has 1 aliphatic heterocycles. The lowest BCUT2D eigenvalue weighted by Gasteiger charge is -2.10. The molecule has 0 unspecified atom stereocenters. The van der Waals surface area contributed by atoms with E-state index in [9.17, 15) is 4.79 Å². The van der Waals surface area contributed by atoms with Gasteiger partial charge in [0.05, 0.1) is 11.4 Å². The molecule has 4 aromatic rings. The minimum absolute atomic E-state index is 0.160. The van der Waals surface area contributed by atoms with Gasteiger partial charge in [-0.05, 0) is 60.4 Å². The van der Waals surface area contributed by atoms with Gasteiger partial charge in [-0.25, -0.2) is 4.99 Å². The van der Waals surface area contributed by atoms with Crippen LogP contribution in [0.25, 0.3) is 5.57 Å². The van der Waals surface area contributed by atoms with Crippen LogP contribution in [0.15, 0.2) is 120 Å². The molecule has 0 radical (unpaired) electrons. The van der Waals surface area contributed by atoms with Crippen molar-refractivity contribution in [2.24, 2.45) is 4.99 Å². The van der Waals surface area contributed by atoms with Crippen LogP contribution in [-0.2, 0) is 11.2 Å². The van der Waals surface area contributed by atoms with Gasteiger partial charge in [-0.1, -0.05) is 60.7 Å². The number of carbonyl (C=O) groups is 1. The normalized spacial score (nSPS) is 13.8. The third-order valence-electron chi connectivity index (χ3n) is 5.83. The Kier molecular flexibility index (Phi) is 7.27. The maximum Gasteiger partial charge on any atom is 0.303 e. The molecule has 0 saturated carbocycles. The predicted octanol–water partition coefficient (Wildman–Crippen LogP) is 7.02. The first-order valence-corrected chi connectivity index (χ1v) is 12.1. The minimum Gasteiger partial charge on any atom is -0.481 e. The van der Waals surface area contributed by atoms with Gasteiger partial charge in [0.2, 0.25) is 5.90 Å². The molecule has 6 heteroatoms. The Bertz CT molecular complexity index is 1450. The first-order chi connectivity index (χ1) is 18.1. The number of nitrogens with one attached hydrogen (secondary N) is 1. The first kappa shape index (κ1) is 23.9. The summed E-state index contributed by atoms with van der Waals surface area (Å²) in [5.74, 6) is 1.82. The zero-order valence-electron chi connectivity index (χ0n) is 20.1. The Hall–Kier alpha value is -4.84. The van der Waals surface area contributed by atoms with Crippen LogP contribution in [0.3, 0.4) is 0 Å². The summed E-state index contributed by atoms with van der Waals surface area (Å²) in [5, 5.41) is 8.92. The van der Waals surface area contributed by atoms with E-state index in [4.69, 9.17) is 19.6 Å². The van der Waals surface area contributed by atoms with Gasteiger partial charge in [0.1, 0.15) is 11.5 Å². The summed E-state index contributed by atoms with van der Waals surface area (Å²) in [6.07, 6.45) is 5.27. The molecule has 1 aliphatic rings. The van der Waals surface area contributed by atoms with Crippen LogP contribution in [0.2, 0.25) is 0 Å². The Balaban J connectivity index is 1.45. The molecule has 37 heavy (non-hydrogen) atoms. The average Bonchev–Trinajstić information content (AvgIpc) is 3.56. The number of hydrogen-bond acceptors (Lipinski definition) is 4. The lowest BCUT2D eigenvalue weighted by atomic mass is 9.98. The molecule has 0 spiro atoms. The van der Waals surface area contributed by atoms with Crippen LogP contribution in [0.1, 0.15) is 29.7 Å². The van der Waals surface area contributed by atoms with E-state index in [0.29, 0.717) is 24.6 Å². The van der Waals surface area contributed by atoms with Crippen molar-refractivity contribution in [1.82, 2.24) is 4.98 Å². The molecule has 0 fully saturated rings. The molecule has 0 bridgehead atoms. The Morgan fingerprint density at radius 1 is 0.784 bits per heavy atom. The van der Waals surface area contributed by atoms with Crippen molar-refractivity contribution < 1.29 is 19.4 Å². The van der Waals surface area contributed by atoms with E-state index in [2.05, 4.69) is 4.98 Å². The van der Waals surface area contributed by atoms with Crippen molar-refractivity contribution in [2.75, 3.05) is 0 Å². The monoisotopic (exact) mass is 490 g/mol. The number of carboxylic acids is 1. The van der Waals surface area contributed by atoms with Crippen LogP contribution in [0.5, 0.6) is 17.4 Å². The van der Waals surface area contributed by atoms with Gasteiger partial charge < -0.3 is 19.6 Å². The summed E-state index contributed by atoms with van der Waals surface area (Å²) in [5.41, 5.74) is 4.58. The molecule has 5 rings (SSSR count). The molecule has 0 atom stereocenters. The van der Waals surface area contributed by atoms with Crippen molar-refractivity contribution in [3.8, 4) is 17.4 Å². The van der Waals surface area contributed by atoms with Gasteiger partial charge in [0.25, 0.3) is 0 Å². The number of ether oxygens (including phenoxy) is 2. The molecule has 0 amide bonds. The fourth-order valence-electron chi connectivity index (χ4n) is 4.07. The second-order valence-electron chi connectivity index (χ2n) is 8.55. The lowest BCUT2D eigenvalue weighted by molar-refractivity contribution is -0.137. The third kappa shape index (κ3) is 6.24. The maximum absolute atomic E-state index is 10.8. The number of carboxylic acid groups (broad SMARTS) is 1. The van der Waals surface area contributed by atoms with Gasteiger partial charge >= 0.3 is 5.97 Å². The smallest absolute Gasteiger partial charge is 0.303 e. The Morgan fingerprint density at radius 3 is 2.14 bits per heavy atom. The van der Waals surface area contributed by atoms with Gasteiger partial charge in [-0.2, -0.15) is 0 Å². The summed E-state index contributed by atoms with van der Waals surface area (Å²) in [6.45, 7) is 0. The Morgan fingerprint density at radius 2 is 1.46 bits per heavy atom. The number of hydrogen-bond donors (Lipinski definition) is 2.